The fraction of sp³-hybridized carbons (Fsp3) is 0.357. The molecule has 0 saturated heterocycles. The number of hydrogen-bond acceptors (Lipinski definition) is 4. The van der Waals surface area contributed by atoms with Crippen molar-refractivity contribution in [2.75, 3.05) is 32.1 Å². The molecule has 0 aliphatic carbocycles. The average molecular weight is 496 g/mol. The Morgan fingerprint density at radius 3 is 2.25 bits per heavy atom. The maximum atomic E-state index is 13.4. The van der Waals surface area contributed by atoms with E-state index in [0.29, 0.717) is 17.4 Å². The molecule has 192 valence electrons. The standard InChI is InChI=1S/C28H34FN3O4/c1-20(2)23-8-12-25(13-9-23)30-28(34)31(15-16-35-4)19-27(33)32(18-26-14-5-21(3)36-26)17-22-6-10-24(29)11-7-22/h5-14,20H,15-19H2,1-4H3,(H,30,34). The molecule has 1 N–H and O–H groups in total. The second-order valence-electron chi connectivity index (χ2n) is 9.01. The number of amides is 3. The number of ether oxygens (including phenoxy) is 1. The quantitative estimate of drug-likeness (QED) is 0.378. The molecule has 0 spiro atoms. The van der Waals surface area contributed by atoms with E-state index in [2.05, 4.69) is 19.2 Å². The molecule has 0 bridgehead atoms. The van der Waals surface area contributed by atoms with Gasteiger partial charge >= 0.3 is 6.03 Å². The number of halogens is 1. The van der Waals surface area contributed by atoms with Crippen LogP contribution in [0.5, 0.6) is 0 Å². The van der Waals surface area contributed by atoms with E-state index in [4.69, 9.17) is 9.15 Å². The van der Waals surface area contributed by atoms with Gasteiger partial charge in [-0.3, -0.25) is 4.79 Å². The number of rotatable bonds is 11. The van der Waals surface area contributed by atoms with E-state index < -0.39 is 6.03 Å². The summed E-state index contributed by atoms with van der Waals surface area (Å²) in [5, 5.41) is 2.87. The van der Waals surface area contributed by atoms with Gasteiger partial charge in [0.1, 0.15) is 23.9 Å². The van der Waals surface area contributed by atoms with Crippen LogP contribution in [-0.4, -0.2) is 48.5 Å². The zero-order valence-corrected chi connectivity index (χ0v) is 21.3. The molecule has 3 rings (SSSR count). The minimum atomic E-state index is -0.395. The van der Waals surface area contributed by atoms with Crippen LogP contribution in [0.25, 0.3) is 0 Å². The molecular weight excluding hydrogens is 461 g/mol. The third-order valence-corrected chi connectivity index (χ3v) is 5.79. The predicted octanol–water partition coefficient (Wildman–Crippen LogP) is 5.56. The second kappa shape index (κ2) is 12.9. The number of carbonyl (C=O) groups is 2. The SMILES string of the molecule is COCCN(CC(=O)N(Cc1ccc(F)cc1)Cc1ccc(C)o1)C(=O)Nc1ccc(C(C)C)cc1. The van der Waals surface area contributed by atoms with Crippen LogP contribution in [-0.2, 0) is 22.6 Å². The fourth-order valence-electron chi connectivity index (χ4n) is 3.67. The summed E-state index contributed by atoms with van der Waals surface area (Å²) in [6.45, 7) is 6.88. The molecule has 36 heavy (non-hydrogen) atoms. The molecule has 3 aromatic rings. The Bertz CT molecular complexity index is 1130. The Morgan fingerprint density at radius 1 is 0.972 bits per heavy atom. The summed E-state index contributed by atoms with van der Waals surface area (Å²) in [6.07, 6.45) is 0. The molecule has 0 unspecified atom stereocenters. The second-order valence-corrected chi connectivity index (χ2v) is 9.01. The van der Waals surface area contributed by atoms with Gasteiger partial charge in [0, 0.05) is 25.9 Å². The van der Waals surface area contributed by atoms with Gasteiger partial charge in [0.15, 0.2) is 0 Å². The summed E-state index contributed by atoms with van der Waals surface area (Å²) in [5.74, 6) is 1.14. The third-order valence-electron chi connectivity index (χ3n) is 5.79. The normalized spacial score (nSPS) is 10.9. The van der Waals surface area contributed by atoms with Crippen molar-refractivity contribution in [1.82, 2.24) is 9.80 Å². The van der Waals surface area contributed by atoms with E-state index in [-0.39, 0.29) is 44.5 Å². The maximum Gasteiger partial charge on any atom is 0.322 e. The molecule has 0 aliphatic rings. The summed E-state index contributed by atoms with van der Waals surface area (Å²) in [6, 6.07) is 16.9. The molecule has 0 radical (unpaired) electrons. The monoisotopic (exact) mass is 495 g/mol. The van der Waals surface area contributed by atoms with Crippen LogP contribution >= 0.6 is 0 Å². The van der Waals surface area contributed by atoms with Crippen molar-refractivity contribution in [1.29, 1.82) is 0 Å². The lowest BCUT2D eigenvalue weighted by Gasteiger charge is -2.27. The molecule has 7 nitrogen and oxygen atoms in total. The van der Waals surface area contributed by atoms with E-state index in [9.17, 15) is 14.0 Å². The van der Waals surface area contributed by atoms with Crippen molar-refractivity contribution in [2.45, 2.75) is 39.8 Å². The van der Waals surface area contributed by atoms with Crippen molar-refractivity contribution in [3.8, 4) is 0 Å². The topological polar surface area (TPSA) is 75.0 Å². The predicted molar refractivity (Wildman–Crippen MR) is 137 cm³/mol. The van der Waals surface area contributed by atoms with Crippen LogP contribution in [0.4, 0.5) is 14.9 Å². The lowest BCUT2D eigenvalue weighted by molar-refractivity contribution is -0.133. The molecule has 1 heterocycles. The van der Waals surface area contributed by atoms with Crippen LogP contribution in [0.1, 0.15) is 42.4 Å². The highest BCUT2D eigenvalue weighted by Crippen LogP contribution is 2.18. The van der Waals surface area contributed by atoms with Crippen LogP contribution in [0, 0.1) is 12.7 Å². The van der Waals surface area contributed by atoms with E-state index >= 15 is 0 Å². The first kappa shape index (κ1) is 26.9. The van der Waals surface area contributed by atoms with Crippen molar-refractivity contribution >= 4 is 17.6 Å². The summed E-state index contributed by atoms with van der Waals surface area (Å²) in [7, 11) is 1.54. The average Bonchev–Trinajstić information content (AvgIpc) is 3.27. The summed E-state index contributed by atoms with van der Waals surface area (Å²) in [4.78, 5) is 29.5. The first-order valence-electron chi connectivity index (χ1n) is 12.0. The number of carbonyl (C=O) groups excluding carboxylic acids is 2. The Morgan fingerprint density at radius 2 is 1.67 bits per heavy atom. The largest absolute Gasteiger partial charge is 0.464 e. The van der Waals surface area contributed by atoms with Crippen LogP contribution in [0.2, 0.25) is 0 Å². The van der Waals surface area contributed by atoms with Crippen molar-refractivity contribution in [2.24, 2.45) is 0 Å². The Kier molecular flexibility index (Phi) is 9.64. The highest BCUT2D eigenvalue weighted by molar-refractivity contribution is 5.92. The van der Waals surface area contributed by atoms with Gasteiger partial charge < -0.3 is 24.3 Å². The molecule has 0 saturated carbocycles. The Balaban J connectivity index is 1.74. The van der Waals surface area contributed by atoms with Gasteiger partial charge in [-0.1, -0.05) is 38.1 Å². The molecule has 0 aliphatic heterocycles. The van der Waals surface area contributed by atoms with Crippen LogP contribution < -0.4 is 5.32 Å². The number of nitrogens with one attached hydrogen (secondary N) is 1. The smallest absolute Gasteiger partial charge is 0.322 e. The number of furan rings is 1. The highest BCUT2D eigenvalue weighted by Gasteiger charge is 2.23. The van der Waals surface area contributed by atoms with E-state index in [1.165, 1.54) is 22.6 Å². The Labute approximate surface area is 211 Å². The molecule has 1 aromatic heterocycles. The van der Waals surface area contributed by atoms with Gasteiger partial charge in [-0.15, -0.1) is 0 Å². The van der Waals surface area contributed by atoms with E-state index in [1.54, 1.807) is 24.1 Å². The minimum Gasteiger partial charge on any atom is -0.464 e. The lowest BCUT2D eigenvalue weighted by Crippen LogP contribution is -2.45. The lowest BCUT2D eigenvalue weighted by atomic mass is 10.0. The number of aryl methyl sites for hydroxylation is 1. The number of hydrogen-bond donors (Lipinski definition) is 1. The molecule has 0 fully saturated rings. The molecule has 3 amide bonds. The van der Waals surface area contributed by atoms with Gasteiger partial charge in [0.25, 0.3) is 0 Å². The number of anilines is 1. The number of urea groups is 1. The first-order chi connectivity index (χ1) is 17.2. The first-order valence-corrected chi connectivity index (χ1v) is 12.0. The molecule has 0 atom stereocenters. The highest BCUT2D eigenvalue weighted by atomic mass is 19.1. The van der Waals surface area contributed by atoms with Crippen molar-refractivity contribution in [3.63, 3.8) is 0 Å². The number of benzene rings is 2. The number of nitrogens with zero attached hydrogens (tertiary/aromatic N) is 2. The summed E-state index contributed by atoms with van der Waals surface area (Å²) in [5.41, 5.74) is 2.59. The molecule has 2 aromatic carbocycles. The van der Waals surface area contributed by atoms with Gasteiger partial charge in [-0.2, -0.15) is 0 Å². The van der Waals surface area contributed by atoms with Gasteiger partial charge in [-0.05, 0) is 60.4 Å². The summed E-state index contributed by atoms with van der Waals surface area (Å²) < 4.78 is 24.2. The van der Waals surface area contributed by atoms with Crippen molar-refractivity contribution < 1.29 is 23.1 Å². The third kappa shape index (κ3) is 7.95. The van der Waals surface area contributed by atoms with Gasteiger partial charge in [-0.25, -0.2) is 9.18 Å². The zero-order chi connectivity index (χ0) is 26.1. The maximum absolute atomic E-state index is 13.4. The van der Waals surface area contributed by atoms with Crippen LogP contribution in [0.15, 0.2) is 65.1 Å². The minimum absolute atomic E-state index is 0.153. The van der Waals surface area contributed by atoms with E-state index in [0.717, 1.165) is 11.3 Å². The fourth-order valence-corrected chi connectivity index (χ4v) is 3.67. The van der Waals surface area contributed by atoms with Crippen molar-refractivity contribution in [3.05, 3.63) is 89.1 Å². The van der Waals surface area contributed by atoms with Crippen LogP contribution in [0.3, 0.4) is 0 Å². The number of methoxy groups -OCH3 is 1. The van der Waals surface area contributed by atoms with E-state index in [1.807, 2.05) is 43.3 Å². The summed E-state index contributed by atoms with van der Waals surface area (Å²) >= 11 is 0. The molecule has 8 heteroatoms. The van der Waals surface area contributed by atoms with Gasteiger partial charge in [0.2, 0.25) is 5.91 Å². The van der Waals surface area contributed by atoms with Gasteiger partial charge in [0.05, 0.1) is 13.2 Å². The zero-order valence-electron chi connectivity index (χ0n) is 21.3. The molecular formula is C28H34FN3O4. The Hall–Kier alpha value is -3.65.